The first-order valence-electron chi connectivity index (χ1n) is 4.52. The Hall–Kier alpha value is 0.137. The lowest BCUT2D eigenvalue weighted by Crippen LogP contribution is -2.33. The molecule has 68 valence electrons. The summed E-state index contributed by atoms with van der Waals surface area (Å²) in [7, 11) is -0.785. The fourth-order valence-corrected chi connectivity index (χ4v) is 2.16. The largest absolute Gasteiger partial charge is 0.258 e. The van der Waals surface area contributed by atoms with Gasteiger partial charge in [0.25, 0.3) is 0 Å². The minimum atomic E-state index is -0.785. The molecule has 0 amide bonds. The summed E-state index contributed by atoms with van der Waals surface area (Å²) < 4.78 is 0. The molecule has 0 radical (unpaired) electrons. The molecule has 0 aromatic carbocycles. The molecule has 0 unspecified atom stereocenters. The molecule has 0 aliphatic rings. The first kappa shape index (κ1) is 11.1. The van der Waals surface area contributed by atoms with Crippen molar-refractivity contribution in [3.63, 3.8) is 0 Å². The molecule has 3 heteroatoms. The Balaban J connectivity index is 3.02. The molecule has 0 fully saturated rings. The van der Waals surface area contributed by atoms with Gasteiger partial charge in [-0.2, -0.15) is 0 Å². The number of nitrogens with one attached hydrogen (secondary N) is 2. The zero-order chi connectivity index (χ0) is 8.74. The lowest BCUT2D eigenvalue weighted by molar-refractivity contribution is 0.546. The van der Waals surface area contributed by atoms with E-state index in [9.17, 15) is 0 Å². The fraction of sp³-hybridized carbons (Fsp3) is 1.00. The molecule has 0 aliphatic heterocycles. The van der Waals surface area contributed by atoms with Crippen molar-refractivity contribution >= 4 is 8.07 Å². The molecule has 0 heterocycles. The number of rotatable bonds is 6. The third kappa shape index (κ3) is 10.1. The predicted octanol–water partition coefficient (Wildman–Crippen LogP) is 1.83. The Morgan fingerprint density at radius 3 is 2.18 bits per heavy atom. The summed E-state index contributed by atoms with van der Waals surface area (Å²) in [6.45, 7) is 11.5. The highest BCUT2D eigenvalue weighted by atomic mass is 28.3. The summed E-state index contributed by atoms with van der Waals surface area (Å²) in [5, 5.41) is 0. The van der Waals surface area contributed by atoms with Gasteiger partial charge < -0.3 is 0 Å². The maximum Gasteiger partial charge on any atom is 0.0443 e. The van der Waals surface area contributed by atoms with E-state index in [0.29, 0.717) is 0 Å². The van der Waals surface area contributed by atoms with Crippen molar-refractivity contribution in [1.29, 1.82) is 0 Å². The average Bonchev–Trinajstić information content (AvgIpc) is 1.85. The zero-order valence-corrected chi connectivity index (χ0v) is 9.33. The van der Waals surface area contributed by atoms with Gasteiger partial charge in [0.2, 0.25) is 0 Å². The fourth-order valence-electron chi connectivity index (χ4n) is 0.920. The maximum atomic E-state index is 3.18. The van der Waals surface area contributed by atoms with E-state index in [2.05, 4.69) is 37.4 Å². The average molecular weight is 174 g/mol. The topological polar surface area (TPSA) is 24.1 Å². The summed E-state index contributed by atoms with van der Waals surface area (Å²) in [6.07, 6.45) is 1.31. The van der Waals surface area contributed by atoms with Gasteiger partial charge >= 0.3 is 0 Å². The lowest BCUT2D eigenvalue weighted by Gasteiger charge is -2.15. The Bertz CT molecular complexity index is 88.6. The number of hydrogen-bond acceptors (Lipinski definition) is 2. The summed E-state index contributed by atoms with van der Waals surface area (Å²) in [6, 6.07) is 1.42. The molecular formula is C8H22N2Si. The predicted molar refractivity (Wildman–Crippen MR) is 54.4 cm³/mol. The van der Waals surface area contributed by atoms with Crippen molar-refractivity contribution in [2.24, 2.45) is 0 Å². The van der Waals surface area contributed by atoms with Gasteiger partial charge in [-0.05, 0) is 6.42 Å². The molecule has 2 N–H and O–H groups in total. The summed E-state index contributed by atoms with van der Waals surface area (Å²) in [4.78, 5) is 0. The van der Waals surface area contributed by atoms with Crippen molar-refractivity contribution in [3.8, 4) is 0 Å². The van der Waals surface area contributed by atoms with Crippen LogP contribution in [-0.2, 0) is 0 Å². The lowest BCUT2D eigenvalue weighted by atomic mass is 10.5. The second-order valence-corrected chi connectivity index (χ2v) is 9.74. The van der Waals surface area contributed by atoms with Crippen LogP contribution in [0.1, 0.15) is 13.3 Å². The van der Waals surface area contributed by atoms with Crippen molar-refractivity contribution in [3.05, 3.63) is 0 Å². The van der Waals surface area contributed by atoms with Crippen molar-refractivity contribution < 1.29 is 0 Å². The van der Waals surface area contributed by atoms with Gasteiger partial charge in [-0.15, -0.1) is 0 Å². The van der Waals surface area contributed by atoms with Crippen LogP contribution in [0.4, 0.5) is 0 Å². The molecule has 0 spiro atoms. The molecule has 0 aromatic rings. The van der Waals surface area contributed by atoms with E-state index >= 15 is 0 Å². The first-order valence-corrected chi connectivity index (χ1v) is 8.22. The second-order valence-electron chi connectivity index (χ2n) is 4.12. The molecule has 0 atom stereocenters. The Morgan fingerprint density at radius 1 is 1.09 bits per heavy atom. The van der Waals surface area contributed by atoms with Crippen LogP contribution in [0.3, 0.4) is 0 Å². The van der Waals surface area contributed by atoms with Gasteiger partial charge in [-0.3, -0.25) is 10.9 Å². The van der Waals surface area contributed by atoms with Gasteiger partial charge in [0.15, 0.2) is 0 Å². The highest BCUT2D eigenvalue weighted by Gasteiger charge is 2.10. The van der Waals surface area contributed by atoms with E-state index in [1.165, 1.54) is 12.5 Å². The van der Waals surface area contributed by atoms with E-state index in [1.807, 2.05) is 0 Å². The molecule has 0 saturated carbocycles. The molecule has 0 rings (SSSR count). The highest BCUT2D eigenvalue weighted by molar-refractivity contribution is 6.76. The van der Waals surface area contributed by atoms with Crippen LogP contribution < -0.4 is 10.9 Å². The molecule has 0 aromatic heterocycles. The third-order valence-electron chi connectivity index (χ3n) is 1.53. The normalized spacial score (nSPS) is 12.0. The van der Waals surface area contributed by atoms with Gasteiger partial charge in [0.1, 0.15) is 0 Å². The molecule has 0 saturated heterocycles. The Labute approximate surface area is 71.7 Å². The summed E-state index contributed by atoms with van der Waals surface area (Å²) in [5.74, 6) is 0. The number of hydrazine groups is 1. The van der Waals surface area contributed by atoms with Crippen LogP contribution in [0.5, 0.6) is 0 Å². The van der Waals surface area contributed by atoms with Crippen LogP contribution in [0.15, 0.2) is 0 Å². The van der Waals surface area contributed by atoms with Gasteiger partial charge in [-0.25, -0.2) is 0 Å². The van der Waals surface area contributed by atoms with E-state index in [1.54, 1.807) is 0 Å². The maximum absolute atomic E-state index is 3.18. The van der Waals surface area contributed by atoms with Gasteiger partial charge in [0, 0.05) is 21.2 Å². The van der Waals surface area contributed by atoms with E-state index in [0.717, 1.165) is 13.1 Å². The minimum Gasteiger partial charge on any atom is -0.258 e. The number of hydrogen-bond donors (Lipinski definition) is 2. The molecule has 2 nitrogen and oxygen atoms in total. The minimum absolute atomic E-state index is 0.785. The second kappa shape index (κ2) is 5.74. The van der Waals surface area contributed by atoms with Crippen LogP contribution in [-0.4, -0.2) is 21.2 Å². The summed E-state index contributed by atoms with van der Waals surface area (Å²) >= 11 is 0. The van der Waals surface area contributed by atoms with E-state index in [4.69, 9.17) is 0 Å². The van der Waals surface area contributed by atoms with Crippen molar-refractivity contribution in [2.75, 3.05) is 13.1 Å². The SMILES string of the molecule is CCNNCCC[Si](C)(C)C. The van der Waals surface area contributed by atoms with Crippen LogP contribution >= 0.6 is 0 Å². The first-order chi connectivity index (χ1) is 5.06. The van der Waals surface area contributed by atoms with Crippen LogP contribution in [0.25, 0.3) is 0 Å². The zero-order valence-electron chi connectivity index (χ0n) is 8.33. The standard InChI is InChI=1S/C8H22N2Si/c1-5-9-10-7-6-8-11(2,3)4/h9-10H,5-8H2,1-4H3. The Kier molecular flexibility index (Phi) is 5.82. The summed E-state index contributed by atoms with van der Waals surface area (Å²) in [5.41, 5.74) is 6.28. The van der Waals surface area contributed by atoms with E-state index in [-0.39, 0.29) is 0 Å². The highest BCUT2D eigenvalue weighted by Crippen LogP contribution is 2.09. The molecule has 0 bridgehead atoms. The van der Waals surface area contributed by atoms with Gasteiger partial charge in [0.05, 0.1) is 0 Å². The molecule has 0 aliphatic carbocycles. The van der Waals surface area contributed by atoms with Gasteiger partial charge in [-0.1, -0.05) is 32.6 Å². The third-order valence-corrected chi connectivity index (χ3v) is 3.38. The van der Waals surface area contributed by atoms with Crippen molar-refractivity contribution in [1.82, 2.24) is 10.9 Å². The molecule has 11 heavy (non-hydrogen) atoms. The van der Waals surface area contributed by atoms with Crippen molar-refractivity contribution in [2.45, 2.75) is 39.0 Å². The van der Waals surface area contributed by atoms with Crippen LogP contribution in [0.2, 0.25) is 25.7 Å². The monoisotopic (exact) mass is 174 g/mol. The quantitative estimate of drug-likeness (QED) is 0.365. The molecular weight excluding hydrogens is 152 g/mol. The Morgan fingerprint density at radius 2 is 1.73 bits per heavy atom. The smallest absolute Gasteiger partial charge is 0.0443 e. The van der Waals surface area contributed by atoms with E-state index < -0.39 is 8.07 Å². The van der Waals surface area contributed by atoms with Crippen LogP contribution in [0, 0.1) is 0 Å².